The van der Waals surface area contributed by atoms with Gasteiger partial charge in [0.15, 0.2) is 5.78 Å². The van der Waals surface area contributed by atoms with Crippen LogP contribution in [0.3, 0.4) is 0 Å². The summed E-state index contributed by atoms with van der Waals surface area (Å²) in [5, 5.41) is 13.2. The Morgan fingerprint density at radius 2 is 2.00 bits per heavy atom. The molecule has 4 nitrogen and oxygen atoms in total. The topological polar surface area (TPSA) is 58.7 Å². The van der Waals surface area contributed by atoms with Crippen LogP contribution in [0.25, 0.3) is 6.08 Å². The average molecular weight is 313 g/mol. The highest BCUT2D eigenvalue weighted by atomic mass is 16.1. The molecular weight excluding hydrogens is 298 g/mol. The van der Waals surface area contributed by atoms with E-state index in [4.69, 9.17) is 5.26 Å². The molecule has 0 aliphatic carbocycles. The minimum atomic E-state index is -0.136. The summed E-state index contributed by atoms with van der Waals surface area (Å²) in [5.74, 6) is -0.136. The van der Waals surface area contributed by atoms with Crippen LogP contribution >= 0.6 is 0 Å². The van der Waals surface area contributed by atoms with Gasteiger partial charge < -0.3 is 0 Å². The normalized spacial score (nSPS) is 10.6. The number of carbonyl (C=O) groups is 1. The summed E-state index contributed by atoms with van der Waals surface area (Å²) >= 11 is 0. The van der Waals surface area contributed by atoms with Crippen molar-refractivity contribution in [3.05, 3.63) is 95.3 Å². The zero-order chi connectivity index (χ0) is 16.8. The third kappa shape index (κ3) is 3.84. The fourth-order valence-corrected chi connectivity index (χ4v) is 2.33. The van der Waals surface area contributed by atoms with Gasteiger partial charge in [0.2, 0.25) is 0 Å². The van der Waals surface area contributed by atoms with E-state index in [1.807, 2.05) is 47.3 Å². The highest BCUT2D eigenvalue weighted by Crippen LogP contribution is 2.09. The van der Waals surface area contributed by atoms with Gasteiger partial charge in [0.1, 0.15) is 0 Å². The zero-order valence-corrected chi connectivity index (χ0v) is 13.0. The highest BCUT2D eigenvalue weighted by molar-refractivity contribution is 6.06. The van der Waals surface area contributed by atoms with Gasteiger partial charge in [0.25, 0.3) is 0 Å². The van der Waals surface area contributed by atoms with E-state index in [1.165, 1.54) is 11.6 Å². The van der Waals surface area contributed by atoms with Gasteiger partial charge in [-0.15, -0.1) is 0 Å². The molecule has 3 rings (SSSR count). The van der Waals surface area contributed by atoms with Crippen molar-refractivity contribution in [1.82, 2.24) is 9.78 Å². The second-order valence-corrected chi connectivity index (χ2v) is 5.35. The smallest absolute Gasteiger partial charge is 0.185 e. The van der Waals surface area contributed by atoms with Crippen molar-refractivity contribution in [3.63, 3.8) is 0 Å². The number of rotatable bonds is 5. The Kier molecular flexibility index (Phi) is 4.64. The molecule has 1 aromatic heterocycles. The van der Waals surface area contributed by atoms with Crippen molar-refractivity contribution in [2.45, 2.75) is 6.54 Å². The number of nitrogens with zero attached hydrogens (tertiary/aromatic N) is 3. The van der Waals surface area contributed by atoms with Crippen LogP contribution in [-0.4, -0.2) is 15.6 Å². The molecule has 0 unspecified atom stereocenters. The SMILES string of the molecule is N#Cc1cccc(C(=O)/C=C/c2cnn(Cc3ccccc3)c2)c1. The van der Waals surface area contributed by atoms with Crippen molar-refractivity contribution < 1.29 is 4.79 Å². The molecule has 2 aromatic carbocycles. The fraction of sp³-hybridized carbons (Fsp3) is 0.0500. The monoisotopic (exact) mass is 313 g/mol. The Hall–Kier alpha value is -3.45. The third-order valence-electron chi connectivity index (χ3n) is 3.54. The Morgan fingerprint density at radius 1 is 1.17 bits per heavy atom. The molecule has 0 bridgehead atoms. The molecule has 1 heterocycles. The molecule has 0 radical (unpaired) electrons. The highest BCUT2D eigenvalue weighted by Gasteiger charge is 2.03. The lowest BCUT2D eigenvalue weighted by atomic mass is 10.1. The predicted octanol–water partition coefficient (Wildman–Crippen LogP) is 3.70. The quantitative estimate of drug-likeness (QED) is 0.533. The summed E-state index contributed by atoms with van der Waals surface area (Å²) in [5.41, 5.74) is 3.00. The zero-order valence-electron chi connectivity index (χ0n) is 13.0. The second kappa shape index (κ2) is 7.21. The van der Waals surface area contributed by atoms with E-state index in [0.717, 1.165) is 5.56 Å². The molecule has 0 N–H and O–H groups in total. The minimum Gasteiger partial charge on any atom is -0.289 e. The van der Waals surface area contributed by atoms with E-state index in [9.17, 15) is 4.79 Å². The summed E-state index contributed by atoms with van der Waals surface area (Å²) in [7, 11) is 0. The first kappa shape index (κ1) is 15.4. The van der Waals surface area contributed by atoms with Crippen molar-refractivity contribution in [3.8, 4) is 6.07 Å². The maximum Gasteiger partial charge on any atom is 0.185 e. The molecule has 0 fully saturated rings. The Labute approximate surface area is 140 Å². The standard InChI is InChI=1S/C20H15N3O/c21-12-17-7-4-8-19(11-17)20(24)10-9-18-13-22-23(15-18)14-16-5-2-1-3-6-16/h1-11,13,15H,14H2/b10-9+. The largest absolute Gasteiger partial charge is 0.289 e. The lowest BCUT2D eigenvalue weighted by molar-refractivity contribution is 0.104. The first-order valence-electron chi connectivity index (χ1n) is 7.53. The number of aromatic nitrogens is 2. The molecule has 0 spiro atoms. The maximum absolute atomic E-state index is 12.2. The second-order valence-electron chi connectivity index (χ2n) is 5.35. The molecule has 116 valence electrons. The van der Waals surface area contributed by atoms with E-state index in [2.05, 4.69) is 5.10 Å². The average Bonchev–Trinajstić information content (AvgIpc) is 3.08. The summed E-state index contributed by atoms with van der Waals surface area (Å²) in [4.78, 5) is 12.2. The van der Waals surface area contributed by atoms with Gasteiger partial charge in [-0.1, -0.05) is 42.5 Å². The first-order valence-corrected chi connectivity index (χ1v) is 7.53. The minimum absolute atomic E-state index is 0.136. The van der Waals surface area contributed by atoms with Crippen LogP contribution in [0.1, 0.15) is 27.0 Å². The fourth-order valence-electron chi connectivity index (χ4n) is 2.33. The van der Waals surface area contributed by atoms with Crippen LogP contribution in [0.15, 0.2) is 73.1 Å². The van der Waals surface area contributed by atoms with Crippen molar-refractivity contribution in [2.24, 2.45) is 0 Å². The number of carbonyl (C=O) groups excluding carboxylic acids is 1. The Morgan fingerprint density at radius 3 is 2.79 bits per heavy atom. The summed E-state index contributed by atoms with van der Waals surface area (Å²) < 4.78 is 1.83. The number of hydrogen-bond acceptors (Lipinski definition) is 3. The Bertz CT molecular complexity index is 917. The number of nitriles is 1. The lowest BCUT2D eigenvalue weighted by Crippen LogP contribution is -1.99. The third-order valence-corrected chi connectivity index (χ3v) is 3.54. The van der Waals surface area contributed by atoms with Crippen molar-refractivity contribution in [2.75, 3.05) is 0 Å². The molecule has 0 saturated heterocycles. The van der Waals surface area contributed by atoms with Crippen LogP contribution in [0, 0.1) is 11.3 Å². The lowest BCUT2D eigenvalue weighted by Gasteiger charge is -2.00. The van der Waals surface area contributed by atoms with Crippen molar-refractivity contribution in [1.29, 1.82) is 5.26 Å². The van der Waals surface area contributed by atoms with E-state index >= 15 is 0 Å². The van der Waals surface area contributed by atoms with Crippen LogP contribution in [0.4, 0.5) is 0 Å². The number of ketones is 1. The summed E-state index contributed by atoms with van der Waals surface area (Å²) in [6.07, 6.45) is 6.84. The molecule has 0 aliphatic heterocycles. The predicted molar refractivity (Wildman–Crippen MR) is 92.3 cm³/mol. The van der Waals surface area contributed by atoms with Gasteiger partial charge in [-0.3, -0.25) is 9.48 Å². The molecule has 0 aliphatic rings. The van der Waals surface area contributed by atoms with E-state index in [-0.39, 0.29) is 5.78 Å². The van der Waals surface area contributed by atoms with Gasteiger partial charge >= 0.3 is 0 Å². The molecule has 4 heteroatoms. The van der Waals surface area contributed by atoms with Gasteiger partial charge in [0.05, 0.1) is 24.4 Å². The molecule has 0 saturated carbocycles. The van der Waals surface area contributed by atoms with Crippen LogP contribution in [0.2, 0.25) is 0 Å². The number of benzene rings is 2. The van der Waals surface area contributed by atoms with E-state index < -0.39 is 0 Å². The summed E-state index contributed by atoms with van der Waals surface area (Å²) in [6.45, 7) is 0.687. The van der Waals surface area contributed by atoms with Crippen molar-refractivity contribution >= 4 is 11.9 Å². The maximum atomic E-state index is 12.2. The number of hydrogen-bond donors (Lipinski definition) is 0. The van der Waals surface area contributed by atoms with E-state index in [0.29, 0.717) is 17.7 Å². The molecule has 3 aromatic rings. The van der Waals surface area contributed by atoms with Crippen LogP contribution < -0.4 is 0 Å². The first-order chi connectivity index (χ1) is 11.7. The molecular formula is C20H15N3O. The molecule has 24 heavy (non-hydrogen) atoms. The van der Waals surface area contributed by atoms with Gasteiger partial charge in [-0.2, -0.15) is 10.4 Å². The van der Waals surface area contributed by atoms with Gasteiger partial charge in [0, 0.05) is 17.3 Å². The van der Waals surface area contributed by atoms with Crippen LogP contribution in [0.5, 0.6) is 0 Å². The summed E-state index contributed by atoms with van der Waals surface area (Å²) in [6, 6.07) is 18.8. The van der Waals surface area contributed by atoms with Gasteiger partial charge in [-0.25, -0.2) is 0 Å². The van der Waals surface area contributed by atoms with Crippen LogP contribution in [-0.2, 0) is 6.54 Å². The molecule has 0 amide bonds. The van der Waals surface area contributed by atoms with E-state index in [1.54, 1.807) is 36.5 Å². The number of allylic oxidation sites excluding steroid dienone is 1. The van der Waals surface area contributed by atoms with Gasteiger partial charge in [-0.05, 0) is 29.8 Å². The Balaban J connectivity index is 1.68. The molecule has 0 atom stereocenters.